The largest absolute Gasteiger partial charge is 0.458 e. The number of esters is 1. The van der Waals surface area contributed by atoms with E-state index in [9.17, 15) is 30.0 Å². The van der Waals surface area contributed by atoms with Gasteiger partial charge in [0.15, 0.2) is 30.9 Å². The smallest absolute Gasteiger partial charge is 0.339 e. The van der Waals surface area contributed by atoms with Gasteiger partial charge in [0.25, 0.3) is 0 Å². The minimum Gasteiger partial charge on any atom is -0.458 e. The Morgan fingerprint density at radius 3 is 1.68 bits per heavy atom. The fourth-order valence-electron chi connectivity index (χ4n) is 14.8. The van der Waals surface area contributed by atoms with Crippen molar-refractivity contribution in [1.82, 2.24) is 4.98 Å². The van der Waals surface area contributed by atoms with Crippen LogP contribution in [0, 0.1) is 16.7 Å². The van der Waals surface area contributed by atoms with Crippen molar-refractivity contribution in [3.63, 3.8) is 0 Å². The molecule has 0 radical (unpaired) electrons. The maximum absolute atomic E-state index is 13.7. The lowest BCUT2D eigenvalue weighted by Gasteiger charge is -2.67. The Labute approximate surface area is 440 Å². The van der Waals surface area contributed by atoms with Crippen LogP contribution in [0.3, 0.4) is 0 Å². The van der Waals surface area contributed by atoms with Crippen molar-refractivity contribution in [3.8, 4) is 0 Å². The number of hydrogen-bond acceptors (Lipinski definition) is 20. The first-order valence-electron chi connectivity index (χ1n) is 27.1. The predicted molar refractivity (Wildman–Crippen MR) is 264 cm³/mol. The van der Waals surface area contributed by atoms with E-state index >= 15 is 0 Å². The molecular formula is C55H83NO19. The molecule has 9 rings (SSSR count). The van der Waals surface area contributed by atoms with Crippen molar-refractivity contribution in [1.29, 1.82) is 0 Å². The number of rotatable bonds is 15. The average molecular weight is 1060 g/mol. The van der Waals surface area contributed by atoms with E-state index in [1.165, 1.54) is 13.1 Å². The van der Waals surface area contributed by atoms with Crippen molar-refractivity contribution in [2.24, 2.45) is 16.7 Å². The lowest BCUT2D eigenvalue weighted by atomic mass is 9.42. The zero-order valence-electron chi connectivity index (χ0n) is 45.5. The number of aliphatic hydroxyl groups is 4. The number of carbonyl (C=O) groups is 2. The van der Waals surface area contributed by atoms with Crippen LogP contribution in [0.5, 0.6) is 0 Å². The summed E-state index contributed by atoms with van der Waals surface area (Å²) >= 11 is 0. The van der Waals surface area contributed by atoms with Gasteiger partial charge >= 0.3 is 5.97 Å². The molecule has 20 heteroatoms. The zero-order valence-corrected chi connectivity index (χ0v) is 45.5. The van der Waals surface area contributed by atoms with Crippen LogP contribution in [-0.2, 0) is 66.4 Å². The van der Waals surface area contributed by atoms with Crippen LogP contribution < -0.4 is 0 Å². The highest BCUT2D eigenvalue weighted by molar-refractivity contribution is 5.90. The van der Waals surface area contributed by atoms with Gasteiger partial charge in [0, 0.05) is 72.4 Å². The standard InChI is InChI=1S/C55H83NO19/c1-28-46(58)36(63-8)22-43(67-28)73-48-30(3)69-45(24-38(48)65-10)75-49-31(4)70-44(25-39(49)66-11)74-47-29(2)68-42(23-37(47)64-9)71-35-15-16-51(6)34(21-35)14-17-54(61)40(51)26-41(72-50(59)33-13-12-20-56-27-33)52(7)53(60,32(5)57)18-19-55(52,54)62/h12-14,20,27-31,35-49,58,60-62H,15-19,21-26H2,1-11H3. The summed E-state index contributed by atoms with van der Waals surface area (Å²) in [6.45, 7) is 12.5. The number of fused-ring (bicyclic) bond motifs is 5. The second-order valence-electron chi connectivity index (χ2n) is 23.1. The monoisotopic (exact) mass is 1060 g/mol. The van der Waals surface area contributed by atoms with E-state index in [-0.39, 0.29) is 43.5 Å². The first-order chi connectivity index (χ1) is 35.6. The molecule has 0 amide bonds. The van der Waals surface area contributed by atoms with E-state index in [1.807, 2.05) is 26.8 Å². The topological polar surface area (TPSA) is 248 Å². The summed E-state index contributed by atoms with van der Waals surface area (Å²) in [5, 5.41) is 48.5. The van der Waals surface area contributed by atoms with Crippen LogP contribution in [0.1, 0.15) is 129 Å². The minimum atomic E-state index is -2.05. The molecule has 4 N–H and O–H groups in total. The molecule has 4 aliphatic carbocycles. The lowest BCUT2D eigenvalue weighted by Crippen LogP contribution is -2.78. The molecule has 1 aromatic heterocycles. The molecule has 24 unspecified atom stereocenters. The molecule has 422 valence electrons. The Morgan fingerprint density at radius 2 is 1.19 bits per heavy atom. The van der Waals surface area contributed by atoms with Crippen molar-refractivity contribution >= 4 is 11.8 Å². The van der Waals surface area contributed by atoms with Gasteiger partial charge in [-0.05, 0) is 104 Å². The molecule has 0 bridgehead atoms. The minimum absolute atomic E-state index is 0.0562. The maximum atomic E-state index is 13.7. The van der Waals surface area contributed by atoms with Crippen LogP contribution in [0.15, 0.2) is 36.2 Å². The predicted octanol–water partition coefficient (Wildman–Crippen LogP) is 4.23. The maximum Gasteiger partial charge on any atom is 0.339 e. The van der Waals surface area contributed by atoms with Gasteiger partial charge in [0.1, 0.15) is 47.3 Å². The van der Waals surface area contributed by atoms with Gasteiger partial charge in [-0.1, -0.05) is 18.6 Å². The van der Waals surface area contributed by atoms with Gasteiger partial charge in [0.05, 0.1) is 65.9 Å². The van der Waals surface area contributed by atoms with E-state index in [4.69, 9.17) is 61.6 Å². The van der Waals surface area contributed by atoms with Crippen LogP contribution in [0.4, 0.5) is 0 Å². The Kier molecular flexibility index (Phi) is 16.9. The number of hydrogen-bond donors (Lipinski definition) is 4. The highest BCUT2D eigenvalue weighted by atomic mass is 16.8. The molecule has 5 heterocycles. The third kappa shape index (κ3) is 10.0. The fraction of sp³-hybridized carbons (Fsp3) is 0.836. The quantitative estimate of drug-likeness (QED) is 0.142. The molecule has 0 aromatic carbocycles. The van der Waals surface area contributed by atoms with Crippen LogP contribution >= 0.6 is 0 Å². The second kappa shape index (κ2) is 22.1. The van der Waals surface area contributed by atoms with Gasteiger partial charge in [-0.2, -0.15) is 0 Å². The van der Waals surface area contributed by atoms with Crippen molar-refractivity contribution in [2.75, 3.05) is 28.4 Å². The molecule has 4 saturated heterocycles. The Morgan fingerprint density at radius 1 is 0.680 bits per heavy atom. The number of carbonyl (C=O) groups excluding carboxylic acids is 2. The number of methoxy groups -OCH3 is 4. The van der Waals surface area contributed by atoms with Crippen LogP contribution in [0.2, 0.25) is 0 Å². The second-order valence-corrected chi connectivity index (χ2v) is 23.1. The third-order valence-electron chi connectivity index (χ3n) is 19.3. The molecular weight excluding hydrogens is 979 g/mol. The number of Topliss-reactive ketones (excluding diaryl/α,β-unsaturated/α-hetero) is 1. The molecule has 0 spiro atoms. The van der Waals surface area contributed by atoms with E-state index in [0.717, 1.165) is 5.57 Å². The summed E-state index contributed by atoms with van der Waals surface area (Å²) in [4.78, 5) is 31.1. The van der Waals surface area contributed by atoms with Crippen LogP contribution in [-0.4, -0.2) is 193 Å². The molecule has 8 aliphatic rings. The number of aliphatic hydroxyl groups excluding tert-OH is 1. The van der Waals surface area contributed by atoms with Gasteiger partial charge in [-0.3, -0.25) is 9.78 Å². The van der Waals surface area contributed by atoms with Crippen LogP contribution in [0.25, 0.3) is 0 Å². The highest BCUT2D eigenvalue weighted by Crippen LogP contribution is 2.71. The molecule has 7 fully saturated rings. The Hall–Kier alpha value is -2.61. The SMILES string of the molecule is COC1CC(OC2C(C)OC(OC3C(C)OC(OC4C(C)OC(OC5CCC6(C)C(=CCC7(O)C6CC(OC(=O)c6cccnc6)C6(C)C(O)(C(C)=O)CCC76O)C5)CC4OC)CC3OC)CC2OC)OC(C)C1O. The fourth-order valence-corrected chi connectivity index (χ4v) is 14.8. The lowest BCUT2D eigenvalue weighted by molar-refractivity contribution is -0.347. The summed E-state index contributed by atoms with van der Waals surface area (Å²) in [7, 11) is 6.48. The molecule has 1 aromatic rings. The summed E-state index contributed by atoms with van der Waals surface area (Å²) in [6.07, 6.45) is -1.30. The average Bonchev–Trinajstić information content (AvgIpc) is 3.68. The van der Waals surface area contributed by atoms with Crippen molar-refractivity contribution in [2.45, 2.75) is 247 Å². The zero-order chi connectivity index (χ0) is 54.0. The van der Waals surface area contributed by atoms with E-state index in [0.29, 0.717) is 44.9 Å². The molecule has 24 atom stereocenters. The Balaban J connectivity index is 0.810. The summed E-state index contributed by atoms with van der Waals surface area (Å²) in [5.41, 5.74) is -6.88. The summed E-state index contributed by atoms with van der Waals surface area (Å²) in [5.74, 6) is -1.84. The number of nitrogens with zero attached hydrogens (tertiary/aromatic N) is 1. The molecule has 4 aliphatic heterocycles. The van der Waals surface area contributed by atoms with E-state index in [2.05, 4.69) is 11.9 Å². The van der Waals surface area contributed by atoms with Gasteiger partial charge in [0.2, 0.25) is 0 Å². The van der Waals surface area contributed by atoms with E-state index < -0.39 is 144 Å². The normalized spacial score (nSPS) is 48.9. The highest BCUT2D eigenvalue weighted by Gasteiger charge is 2.81. The number of ketones is 1. The molecule has 75 heavy (non-hydrogen) atoms. The van der Waals surface area contributed by atoms with Crippen molar-refractivity contribution < 1.29 is 91.6 Å². The van der Waals surface area contributed by atoms with E-state index in [1.54, 1.807) is 60.6 Å². The van der Waals surface area contributed by atoms with Crippen molar-refractivity contribution in [3.05, 3.63) is 41.7 Å². The summed E-state index contributed by atoms with van der Waals surface area (Å²) < 4.78 is 81.5. The third-order valence-corrected chi connectivity index (χ3v) is 19.3. The number of ether oxygens (including phenoxy) is 13. The number of aromatic nitrogens is 1. The first-order valence-corrected chi connectivity index (χ1v) is 27.1. The number of pyridine rings is 1. The molecule has 20 nitrogen and oxygen atoms in total. The van der Waals surface area contributed by atoms with Gasteiger partial charge < -0.3 is 82.0 Å². The molecule has 3 saturated carbocycles. The van der Waals surface area contributed by atoms with Gasteiger partial charge in [-0.25, -0.2) is 4.79 Å². The first kappa shape index (κ1) is 57.1. The Bertz CT molecular complexity index is 2190. The summed E-state index contributed by atoms with van der Waals surface area (Å²) in [6, 6.07) is 3.19. The van der Waals surface area contributed by atoms with Gasteiger partial charge in [-0.15, -0.1) is 0 Å².